The van der Waals surface area contributed by atoms with Crippen LogP contribution < -0.4 is 10.1 Å². The fraction of sp³-hybridized carbons (Fsp3) is 0.368. The smallest absolute Gasteiger partial charge is 0.412 e. The monoisotopic (exact) mass is 515 g/mol. The van der Waals surface area contributed by atoms with E-state index in [0.29, 0.717) is 11.1 Å². The number of amides is 1. The number of carbonyl (C=O) groups is 1. The number of methoxy groups -OCH3 is 1. The molecule has 0 aliphatic heterocycles. The third-order valence-corrected chi connectivity index (χ3v) is 4.71. The summed E-state index contributed by atoms with van der Waals surface area (Å²) in [5.41, 5.74) is 0.0630. The number of aliphatic hydroxyl groups excluding tert-OH is 1. The highest BCUT2D eigenvalue weighted by Crippen LogP contribution is 2.33. The first-order valence-corrected chi connectivity index (χ1v) is 9.73. The minimum atomic E-state index is -1.06. The van der Waals surface area contributed by atoms with Gasteiger partial charge in [0.05, 0.1) is 29.4 Å². The zero-order valence-corrected chi connectivity index (χ0v) is 18.6. The Labute approximate surface area is 181 Å². The van der Waals surface area contributed by atoms with E-state index in [4.69, 9.17) is 9.47 Å². The maximum Gasteiger partial charge on any atom is 0.412 e. The van der Waals surface area contributed by atoms with Crippen LogP contribution in [0.25, 0.3) is 0 Å². The molecule has 1 amide bonds. The average Bonchev–Trinajstić information content (AvgIpc) is 2.60. The van der Waals surface area contributed by atoms with Crippen LogP contribution in [-0.2, 0) is 11.2 Å². The van der Waals surface area contributed by atoms with Gasteiger partial charge in [-0.3, -0.25) is 15.4 Å². The molecule has 9 nitrogen and oxygen atoms in total. The molecular weight excluding hydrogens is 493 g/mol. The van der Waals surface area contributed by atoms with Crippen LogP contribution in [-0.4, -0.2) is 33.8 Å². The predicted molar refractivity (Wildman–Crippen MR) is 115 cm³/mol. The van der Waals surface area contributed by atoms with E-state index in [1.807, 2.05) is 22.6 Å². The Morgan fingerprint density at radius 3 is 2.66 bits per heavy atom. The zero-order valence-electron chi connectivity index (χ0n) is 16.4. The number of benzene rings is 1. The van der Waals surface area contributed by atoms with Crippen molar-refractivity contribution in [3.05, 3.63) is 55.3 Å². The first-order chi connectivity index (χ1) is 13.5. The van der Waals surface area contributed by atoms with E-state index in [0.717, 1.165) is 3.57 Å². The van der Waals surface area contributed by atoms with Crippen molar-refractivity contribution < 1.29 is 24.3 Å². The second-order valence-corrected chi connectivity index (χ2v) is 8.33. The number of aromatic nitrogens is 1. The molecule has 0 aliphatic carbocycles. The van der Waals surface area contributed by atoms with E-state index < -0.39 is 22.7 Å². The van der Waals surface area contributed by atoms with Crippen molar-refractivity contribution >= 4 is 40.1 Å². The topological polar surface area (TPSA) is 124 Å². The summed E-state index contributed by atoms with van der Waals surface area (Å²) in [5.74, 6) is 0.260. The highest BCUT2D eigenvalue weighted by atomic mass is 127. The van der Waals surface area contributed by atoms with Gasteiger partial charge >= 0.3 is 6.09 Å². The van der Waals surface area contributed by atoms with Crippen molar-refractivity contribution in [2.24, 2.45) is 0 Å². The highest BCUT2D eigenvalue weighted by molar-refractivity contribution is 14.1. The number of hydrogen-bond donors (Lipinski definition) is 2. The van der Waals surface area contributed by atoms with Crippen molar-refractivity contribution in [3.63, 3.8) is 0 Å². The number of aliphatic hydroxyl groups is 1. The third-order valence-electron chi connectivity index (χ3n) is 3.77. The molecule has 0 saturated carbocycles. The lowest BCUT2D eigenvalue weighted by Crippen LogP contribution is -2.27. The number of ether oxygens (including phenoxy) is 2. The van der Waals surface area contributed by atoms with Crippen molar-refractivity contribution in [3.8, 4) is 5.88 Å². The summed E-state index contributed by atoms with van der Waals surface area (Å²) in [7, 11) is 1.44. The molecule has 1 heterocycles. The number of pyridine rings is 1. The van der Waals surface area contributed by atoms with Gasteiger partial charge in [0.15, 0.2) is 0 Å². The predicted octanol–water partition coefficient (Wildman–Crippen LogP) is 4.23. The molecule has 0 saturated heterocycles. The minimum Gasteiger partial charge on any atom is -0.481 e. The van der Waals surface area contributed by atoms with Crippen molar-refractivity contribution in [1.29, 1.82) is 0 Å². The van der Waals surface area contributed by atoms with Crippen LogP contribution in [0, 0.1) is 13.7 Å². The number of nitro groups is 1. The Balaban J connectivity index is 2.28. The van der Waals surface area contributed by atoms with Gasteiger partial charge in [-0.05, 0) is 55.5 Å². The van der Waals surface area contributed by atoms with Crippen LogP contribution in [0.5, 0.6) is 5.88 Å². The molecule has 10 heteroatoms. The van der Waals surface area contributed by atoms with Crippen LogP contribution >= 0.6 is 22.6 Å². The molecule has 0 radical (unpaired) electrons. The Morgan fingerprint density at radius 1 is 1.38 bits per heavy atom. The molecular formula is C19H22IN3O6. The maximum absolute atomic E-state index is 11.9. The molecule has 1 aromatic carbocycles. The third kappa shape index (κ3) is 6.26. The standard InChI is InChI=1S/C19H22IN3O6/c1-19(2,3)29-18(25)22-12-6-5-11(14(10-12)23(26)27)9-15(24)16-13(20)7-8-21-17(16)28-4/h5-8,10,15,24H,9H2,1-4H3,(H,22,25)/t15-/m0/s1. The summed E-state index contributed by atoms with van der Waals surface area (Å²) in [4.78, 5) is 26.9. The molecule has 0 spiro atoms. The van der Waals surface area contributed by atoms with Crippen LogP contribution in [0.1, 0.15) is 38.0 Å². The first-order valence-electron chi connectivity index (χ1n) is 8.65. The largest absolute Gasteiger partial charge is 0.481 e. The fourth-order valence-electron chi connectivity index (χ4n) is 2.61. The molecule has 1 aromatic heterocycles. The quantitative estimate of drug-likeness (QED) is 0.335. The fourth-order valence-corrected chi connectivity index (χ4v) is 3.36. The van der Waals surface area contributed by atoms with Gasteiger partial charge in [0.2, 0.25) is 5.88 Å². The number of hydrogen-bond acceptors (Lipinski definition) is 7. The Hall–Kier alpha value is -2.47. The molecule has 0 fully saturated rings. The summed E-state index contributed by atoms with van der Waals surface area (Å²) in [5, 5.41) is 24.7. The number of nitrogens with zero attached hydrogens (tertiary/aromatic N) is 2. The van der Waals surface area contributed by atoms with Crippen molar-refractivity contribution in [2.75, 3.05) is 12.4 Å². The average molecular weight is 515 g/mol. The van der Waals surface area contributed by atoms with Gasteiger partial charge in [0.25, 0.3) is 5.69 Å². The number of halogens is 1. The molecule has 29 heavy (non-hydrogen) atoms. The van der Waals surface area contributed by atoms with Crippen LogP contribution in [0.3, 0.4) is 0 Å². The van der Waals surface area contributed by atoms with E-state index in [2.05, 4.69) is 10.3 Å². The lowest BCUT2D eigenvalue weighted by Gasteiger charge is -2.20. The second-order valence-electron chi connectivity index (χ2n) is 7.16. The summed E-state index contributed by atoms with van der Waals surface area (Å²) >= 11 is 2.04. The minimum absolute atomic E-state index is 0.0267. The summed E-state index contributed by atoms with van der Waals surface area (Å²) in [6.45, 7) is 5.15. The van der Waals surface area contributed by atoms with E-state index >= 15 is 0 Å². The first kappa shape index (κ1) is 22.8. The Morgan fingerprint density at radius 2 is 2.07 bits per heavy atom. The lowest BCUT2D eigenvalue weighted by atomic mass is 10.0. The summed E-state index contributed by atoms with van der Waals surface area (Å²) in [6.07, 6.45) is -0.250. The van der Waals surface area contributed by atoms with Crippen molar-refractivity contribution in [2.45, 2.75) is 38.9 Å². The van der Waals surface area contributed by atoms with Crippen molar-refractivity contribution in [1.82, 2.24) is 4.98 Å². The highest BCUT2D eigenvalue weighted by Gasteiger charge is 2.24. The zero-order chi connectivity index (χ0) is 21.8. The van der Waals surface area contributed by atoms with Crippen LogP contribution in [0.2, 0.25) is 0 Å². The molecule has 2 aromatic rings. The van der Waals surface area contributed by atoms with Gasteiger partial charge in [0.1, 0.15) is 5.60 Å². The van der Waals surface area contributed by atoms with E-state index in [1.54, 1.807) is 33.0 Å². The van der Waals surface area contributed by atoms with Gasteiger partial charge in [-0.25, -0.2) is 9.78 Å². The summed E-state index contributed by atoms with van der Waals surface area (Å²) < 4.78 is 11.1. The normalized spacial score (nSPS) is 12.2. The number of anilines is 1. The summed E-state index contributed by atoms with van der Waals surface area (Å²) in [6, 6.07) is 5.95. The number of carbonyl (C=O) groups excluding carboxylic acids is 1. The molecule has 0 aliphatic rings. The SMILES string of the molecule is COc1nccc(I)c1[C@@H](O)Cc1ccc(NC(=O)OC(C)(C)C)cc1[N+](=O)[O-]. The Kier molecular flexibility index (Phi) is 7.36. The van der Waals surface area contributed by atoms with E-state index in [-0.39, 0.29) is 23.7 Å². The van der Waals surface area contributed by atoms with Gasteiger partial charge in [-0.2, -0.15) is 0 Å². The number of nitrogens with one attached hydrogen (secondary N) is 1. The van der Waals surface area contributed by atoms with E-state index in [9.17, 15) is 20.0 Å². The molecule has 0 unspecified atom stereocenters. The van der Waals surface area contributed by atoms with Gasteiger partial charge < -0.3 is 14.6 Å². The van der Waals surface area contributed by atoms with E-state index in [1.165, 1.54) is 25.3 Å². The van der Waals surface area contributed by atoms with Gasteiger partial charge in [0, 0.05) is 27.8 Å². The molecule has 2 N–H and O–H groups in total. The maximum atomic E-state index is 11.9. The van der Waals surface area contributed by atoms with Crippen LogP contribution in [0.4, 0.5) is 16.2 Å². The second kappa shape index (κ2) is 9.35. The molecule has 156 valence electrons. The number of rotatable bonds is 6. The van der Waals surface area contributed by atoms with Gasteiger partial charge in [-0.15, -0.1) is 0 Å². The van der Waals surface area contributed by atoms with Crippen LogP contribution in [0.15, 0.2) is 30.5 Å². The number of nitro benzene ring substituents is 1. The molecule has 2 rings (SSSR count). The molecule has 1 atom stereocenters. The van der Waals surface area contributed by atoms with Gasteiger partial charge in [-0.1, -0.05) is 6.07 Å². The molecule has 0 bridgehead atoms. The lowest BCUT2D eigenvalue weighted by molar-refractivity contribution is -0.385. The Bertz CT molecular complexity index is 913.